The minimum absolute atomic E-state index is 0.0216. The molecule has 0 heterocycles. The third-order valence-electron chi connectivity index (χ3n) is 3.26. The molecule has 0 fully saturated rings. The number of hydrogen-bond acceptors (Lipinski definition) is 3. The fourth-order valence-electron chi connectivity index (χ4n) is 2.27. The van der Waals surface area contributed by atoms with Crippen LogP contribution in [0.2, 0.25) is 5.02 Å². The molecule has 0 radical (unpaired) electrons. The summed E-state index contributed by atoms with van der Waals surface area (Å²) in [5.74, 6) is 0. The number of hydrogen-bond donors (Lipinski definition) is 1. The van der Waals surface area contributed by atoms with Gasteiger partial charge >= 0.3 is 0 Å². The van der Waals surface area contributed by atoms with Gasteiger partial charge in [0.25, 0.3) is 5.69 Å². The van der Waals surface area contributed by atoms with Gasteiger partial charge in [0, 0.05) is 11.1 Å². The van der Waals surface area contributed by atoms with Crippen molar-refractivity contribution in [1.29, 1.82) is 0 Å². The standard InChI is InChI=1S/C16H17ClN2O2/c1-2-6-14(12-7-4-3-5-8-12)18-15-11-13(17)9-10-16(15)19(20)21/h3-5,7-11,14,18H,2,6H2,1H3. The van der Waals surface area contributed by atoms with Crippen LogP contribution in [-0.4, -0.2) is 4.92 Å². The number of nitro benzene ring substituents is 1. The zero-order valence-electron chi connectivity index (χ0n) is 11.8. The molecule has 21 heavy (non-hydrogen) atoms. The monoisotopic (exact) mass is 304 g/mol. The predicted molar refractivity (Wildman–Crippen MR) is 85.8 cm³/mol. The van der Waals surface area contributed by atoms with Gasteiger partial charge in [0.05, 0.1) is 11.0 Å². The first-order chi connectivity index (χ1) is 10.1. The molecule has 0 aliphatic rings. The summed E-state index contributed by atoms with van der Waals surface area (Å²) in [6.07, 6.45) is 1.86. The van der Waals surface area contributed by atoms with Crippen molar-refractivity contribution in [2.24, 2.45) is 0 Å². The zero-order valence-corrected chi connectivity index (χ0v) is 12.5. The van der Waals surface area contributed by atoms with E-state index in [1.807, 2.05) is 30.3 Å². The van der Waals surface area contributed by atoms with Gasteiger partial charge in [0.1, 0.15) is 5.69 Å². The second kappa shape index (κ2) is 7.09. The molecule has 2 aromatic rings. The molecule has 1 unspecified atom stereocenters. The number of nitrogens with zero attached hydrogens (tertiary/aromatic N) is 1. The Balaban J connectivity index is 2.33. The van der Waals surface area contributed by atoms with E-state index in [4.69, 9.17) is 11.6 Å². The van der Waals surface area contributed by atoms with E-state index in [2.05, 4.69) is 12.2 Å². The van der Waals surface area contributed by atoms with E-state index in [-0.39, 0.29) is 11.7 Å². The lowest BCUT2D eigenvalue weighted by Gasteiger charge is -2.20. The molecule has 0 spiro atoms. The number of nitrogens with one attached hydrogen (secondary N) is 1. The molecule has 5 heteroatoms. The van der Waals surface area contributed by atoms with Gasteiger partial charge < -0.3 is 5.32 Å². The summed E-state index contributed by atoms with van der Waals surface area (Å²) < 4.78 is 0. The van der Waals surface area contributed by atoms with Gasteiger partial charge in [-0.25, -0.2) is 0 Å². The van der Waals surface area contributed by atoms with E-state index in [1.54, 1.807) is 6.07 Å². The van der Waals surface area contributed by atoms with Crippen LogP contribution in [0.3, 0.4) is 0 Å². The molecule has 4 nitrogen and oxygen atoms in total. The van der Waals surface area contributed by atoms with E-state index in [1.165, 1.54) is 12.1 Å². The number of nitro groups is 1. The number of benzene rings is 2. The maximum absolute atomic E-state index is 11.1. The van der Waals surface area contributed by atoms with Crippen molar-refractivity contribution in [3.05, 3.63) is 69.2 Å². The zero-order chi connectivity index (χ0) is 15.2. The minimum Gasteiger partial charge on any atom is -0.373 e. The Morgan fingerprint density at radius 1 is 1.24 bits per heavy atom. The number of anilines is 1. The van der Waals surface area contributed by atoms with Crippen LogP contribution in [0.4, 0.5) is 11.4 Å². The Labute approximate surface area is 128 Å². The van der Waals surface area contributed by atoms with Crippen molar-refractivity contribution >= 4 is 23.0 Å². The summed E-state index contributed by atoms with van der Waals surface area (Å²) in [4.78, 5) is 10.7. The Hall–Kier alpha value is -2.07. The highest BCUT2D eigenvalue weighted by Crippen LogP contribution is 2.32. The summed E-state index contributed by atoms with van der Waals surface area (Å²) in [7, 11) is 0. The van der Waals surface area contributed by atoms with Crippen molar-refractivity contribution in [2.75, 3.05) is 5.32 Å². The van der Waals surface area contributed by atoms with Crippen molar-refractivity contribution in [3.63, 3.8) is 0 Å². The van der Waals surface area contributed by atoms with Gasteiger partial charge in [-0.15, -0.1) is 0 Å². The third kappa shape index (κ3) is 3.95. The predicted octanol–water partition coefficient (Wildman–Crippen LogP) is 5.20. The van der Waals surface area contributed by atoms with E-state index >= 15 is 0 Å². The van der Waals surface area contributed by atoms with Crippen molar-refractivity contribution in [2.45, 2.75) is 25.8 Å². The molecule has 1 N–H and O–H groups in total. The first-order valence-electron chi connectivity index (χ1n) is 6.87. The highest BCUT2D eigenvalue weighted by atomic mass is 35.5. The summed E-state index contributed by atoms with van der Waals surface area (Å²) >= 11 is 5.97. The Kier molecular flexibility index (Phi) is 5.17. The molecule has 2 rings (SSSR count). The molecule has 0 amide bonds. The second-order valence-corrected chi connectivity index (χ2v) is 5.25. The normalized spacial score (nSPS) is 11.9. The van der Waals surface area contributed by atoms with Gasteiger partial charge in [0.2, 0.25) is 0 Å². The third-order valence-corrected chi connectivity index (χ3v) is 3.50. The van der Waals surface area contributed by atoms with Gasteiger partial charge in [-0.3, -0.25) is 10.1 Å². The Morgan fingerprint density at radius 3 is 2.57 bits per heavy atom. The summed E-state index contributed by atoms with van der Waals surface area (Å²) in [6, 6.07) is 14.5. The highest BCUT2D eigenvalue weighted by Gasteiger charge is 2.18. The molecule has 110 valence electrons. The lowest BCUT2D eigenvalue weighted by molar-refractivity contribution is -0.384. The largest absolute Gasteiger partial charge is 0.373 e. The molecular formula is C16H17ClN2O2. The van der Waals surface area contributed by atoms with E-state index < -0.39 is 4.92 Å². The highest BCUT2D eigenvalue weighted by molar-refractivity contribution is 6.31. The fourth-order valence-corrected chi connectivity index (χ4v) is 2.44. The van der Waals surface area contributed by atoms with E-state index in [0.29, 0.717) is 10.7 Å². The molecule has 0 aromatic heterocycles. The van der Waals surface area contributed by atoms with Gasteiger partial charge in [-0.1, -0.05) is 55.3 Å². The SMILES string of the molecule is CCCC(Nc1cc(Cl)ccc1[N+](=O)[O-])c1ccccc1. The second-order valence-electron chi connectivity index (χ2n) is 4.81. The van der Waals surface area contributed by atoms with E-state index in [0.717, 1.165) is 18.4 Å². The maximum atomic E-state index is 11.1. The molecular weight excluding hydrogens is 288 g/mol. The van der Waals surface area contributed by atoms with Crippen LogP contribution in [0.5, 0.6) is 0 Å². The molecule has 0 aliphatic carbocycles. The molecule has 1 atom stereocenters. The van der Waals surface area contributed by atoms with Crippen molar-refractivity contribution in [3.8, 4) is 0 Å². The van der Waals surface area contributed by atoms with E-state index in [9.17, 15) is 10.1 Å². The molecule has 0 bridgehead atoms. The lowest BCUT2D eigenvalue weighted by Crippen LogP contribution is -2.11. The van der Waals surface area contributed by atoms with Crippen LogP contribution in [0.25, 0.3) is 0 Å². The Bertz CT molecular complexity index is 617. The van der Waals surface area contributed by atoms with Crippen LogP contribution >= 0.6 is 11.6 Å². The van der Waals surface area contributed by atoms with Crippen LogP contribution in [0.1, 0.15) is 31.4 Å². The molecule has 2 aromatic carbocycles. The van der Waals surface area contributed by atoms with Gasteiger partial charge in [-0.05, 0) is 24.1 Å². The quantitative estimate of drug-likeness (QED) is 0.589. The van der Waals surface area contributed by atoms with Crippen LogP contribution in [0, 0.1) is 10.1 Å². The number of rotatable bonds is 6. The minimum atomic E-state index is -0.396. The fraction of sp³-hybridized carbons (Fsp3) is 0.250. The summed E-state index contributed by atoms with van der Waals surface area (Å²) in [6.45, 7) is 2.09. The topological polar surface area (TPSA) is 55.2 Å². The van der Waals surface area contributed by atoms with Crippen molar-refractivity contribution < 1.29 is 4.92 Å². The molecule has 0 aliphatic heterocycles. The first kappa shape index (κ1) is 15.3. The first-order valence-corrected chi connectivity index (χ1v) is 7.25. The molecule has 0 saturated heterocycles. The average Bonchev–Trinajstić information content (AvgIpc) is 2.47. The lowest BCUT2D eigenvalue weighted by atomic mass is 10.0. The van der Waals surface area contributed by atoms with Crippen LogP contribution in [0.15, 0.2) is 48.5 Å². The van der Waals surface area contributed by atoms with Crippen molar-refractivity contribution in [1.82, 2.24) is 0 Å². The summed E-state index contributed by atoms with van der Waals surface area (Å²) in [5, 5.41) is 14.9. The average molecular weight is 305 g/mol. The Morgan fingerprint density at radius 2 is 1.95 bits per heavy atom. The summed E-state index contributed by atoms with van der Waals surface area (Å²) in [5.41, 5.74) is 1.60. The van der Waals surface area contributed by atoms with Crippen LogP contribution < -0.4 is 5.32 Å². The molecule has 0 saturated carbocycles. The number of halogens is 1. The smallest absolute Gasteiger partial charge is 0.292 e. The van der Waals surface area contributed by atoms with Crippen LogP contribution in [-0.2, 0) is 0 Å². The maximum Gasteiger partial charge on any atom is 0.292 e. The van der Waals surface area contributed by atoms with Gasteiger partial charge in [-0.2, -0.15) is 0 Å². The van der Waals surface area contributed by atoms with Gasteiger partial charge in [0.15, 0.2) is 0 Å².